The SMILES string of the molecule is COc1cnc(-c2cn3cccc(C=O)c3n2)o1. The van der Waals surface area contributed by atoms with Crippen molar-refractivity contribution in [1.82, 2.24) is 14.4 Å². The van der Waals surface area contributed by atoms with Crippen molar-refractivity contribution in [1.29, 1.82) is 0 Å². The molecule has 0 amide bonds. The van der Waals surface area contributed by atoms with Crippen LogP contribution >= 0.6 is 0 Å². The van der Waals surface area contributed by atoms with E-state index in [2.05, 4.69) is 9.97 Å². The molecule has 0 aliphatic carbocycles. The Hall–Kier alpha value is -2.63. The molecule has 0 aliphatic rings. The summed E-state index contributed by atoms with van der Waals surface area (Å²) in [6.45, 7) is 0. The zero-order valence-corrected chi connectivity index (χ0v) is 9.53. The second-order valence-electron chi connectivity index (χ2n) is 3.63. The van der Waals surface area contributed by atoms with E-state index in [9.17, 15) is 4.79 Å². The topological polar surface area (TPSA) is 69.6 Å². The Labute approximate surface area is 102 Å². The van der Waals surface area contributed by atoms with E-state index in [4.69, 9.17) is 9.15 Å². The number of nitrogens with zero attached hydrogens (tertiary/aromatic N) is 3. The highest BCUT2D eigenvalue weighted by Gasteiger charge is 2.12. The average Bonchev–Trinajstić information content (AvgIpc) is 3.03. The molecule has 0 N–H and O–H groups in total. The zero-order valence-electron chi connectivity index (χ0n) is 9.53. The van der Waals surface area contributed by atoms with Crippen LogP contribution in [0.5, 0.6) is 5.95 Å². The first-order valence-electron chi connectivity index (χ1n) is 5.25. The van der Waals surface area contributed by atoms with Gasteiger partial charge in [0.2, 0.25) is 0 Å². The molecule has 6 heteroatoms. The van der Waals surface area contributed by atoms with Crippen LogP contribution < -0.4 is 4.74 Å². The van der Waals surface area contributed by atoms with Gasteiger partial charge in [-0.3, -0.25) is 4.79 Å². The van der Waals surface area contributed by atoms with Crippen molar-refractivity contribution in [3.63, 3.8) is 0 Å². The lowest BCUT2D eigenvalue weighted by atomic mass is 10.3. The standard InChI is InChI=1S/C12H9N3O3/c1-17-10-5-13-12(18-10)9-6-15-4-2-3-8(7-16)11(15)14-9/h2-7H,1H3. The first kappa shape index (κ1) is 10.5. The van der Waals surface area contributed by atoms with Crippen LogP contribution in [-0.2, 0) is 0 Å². The molecule has 0 unspecified atom stereocenters. The Balaban J connectivity index is 2.15. The lowest BCUT2D eigenvalue weighted by Gasteiger charge is -1.93. The second-order valence-corrected chi connectivity index (χ2v) is 3.63. The Morgan fingerprint density at radius 3 is 3.11 bits per heavy atom. The maximum absolute atomic E-state index is 10.9. The first-order valence-corrected chi connectivity index (χ1v) is 5.25. The third kappa shape index (κ3) is 1.55. The molecule has 0 aliphatic heterocycles. The van der Waals surface area contributed by atoms with Crippen molar-refractivity contribution in [2.75, 3.05) is 7.11 Å². The van der Waals surface area contributed by atoms with E-state index >= 15 is 0 Å². The van der Waals surface area contributed by atoms with Gasteiger partial charge in [0.25, 0.3) is 5.89 Å². The van der Waals surface area contributed by atoms with Crippen LogP contribution in [-0.4, -0.2) is 27.8 Å². The normalized spacial score (nSPS) is 10.7. The Morgan fingerprint density at radius 1 is 1.50 bits per heavy atom. The van der Waals surface area contributed by atoms with E-state index in [1.165, 1.54) is 13.3 Å². The molecular weight excluding hydrogens is 234 g/mol. The molecule has 0 saturated heterocycles. The maximum Gasteiger partial charge on any atom is 0.305 e. The van der Waals surface area contributed by atoms with Gasteiger partial charge in [-0.2, -0.15) is 0 Å². The quantitative estimate of drug-likeness (QED) is 0.656. The molecule has 90 valence electrons. The van der Waals surface area contributed by atoms with E-state index in [1.54, 1.807) is 28.9 Å². The largest absolute Gasteiger partial charge is 0.467 e. The number of hydrogen-bond acceptors (Lipinski definition) is 5. The van der Waals surface area contributed by atoms with Crippen LogP contribution in [0.2, 0.25) is 0 Å². The molecule has 0 radical (unpaired) electrons. The third-order valence-electron chi connectivity index (χ3n) is 2.54. The molecule has 0 fully saturated rings. The molecule has 3 heterocycles. The van der Waals surface area contributed by atoms with Crippen molar-refractivity contribution in [2.24, 2.45) is 0 Å². The number of carbonyl (C=O) groups is 1. The minimum atomic E-state index is 0.317. The van der Waals surface area contributed by atoms with Gasteiger partial charge in [0.15, 0.2) is 6.29 Å². The van der Waals surface area contributed by atoms with E-state index in [-0.39, 0.29) is 0 Å². The first-order chi connectivity index (χ1) is 8.81. The lowest BCUT2D eigenvalue weighted by Crippen LogP contribution is -1.88. The molecule has 3 aromatic heterocycles. The van der Waals surface area contributed by atoms with E-state index in [0.717, 1.165) is 6.29 Å². The third-order valence-corrected chi connectivity index (χ3v) is 2.54. The summed E-state index contributed by atoms with van der Waals surface area (Å²) in [7, 11) is 1.50. The molecule has 18 heavy (non-hydrogen) atoms. The van der Waals surface area contributed by atoms with Crippen LogP contribution in [0.3, 0.4) is 0 Å². The van der Waals surface area contributed by atoms with Gasteiger partial charge in [0.1, 0.15) is 17.5 Å². The van der Waals surface area contributed by atoms with Gasteiger partial charge in [-0.25, -0.2) is 9.97 Å². The van der Waals surface area contributed by atoms with Crippen molar-refractivity contribution in [2.45, 2.75) is 0 Å². The van der Waals surface area contributed by atoms with Gasteiger partial charge in [-0.1, -0.05) is 0 Å². The van der Waals surface area contributed by atoms with Crippen LogP contribution in [0.4, 0.5) is 0 Å². The summed E-state index contributed by atoms with van der Waals surface area (Å²) in [5, 5.41) is 0. The van der Waals surface area contributed by atoms with Gasteiger partial charge in [0, 0.05) is 12.4 Å². The summed E-state index contributed by atoms with van der Waals surface area (Å²) in [6, 6.07) is 3.48. The molecule has 0 spiro atoms. The van der Waals surface area contributed by atoms with Gasteiger partial charge < -0.3 is 13.6 Å². The number of rotatable bonds is 3. The number of carbonyl (C=O) groups excluding carboxylic acids is 1. The highest BCUT2D eigenvalue weighted by atomic mass is 16.6. The van der Waals surface area contributed by atoms with Crippen LogP contribution in [0.15, 0.2) is 35.1 Å². The summed E-state index contributed by atoms with van der Waals surface area (Å²) in [5.41, 5.74) is 1.63. The van der Waals surface area contributed by atoms with Gasteiger partial charge in [-0.15, -0.1) is 0 Å². The highest BCUT2D eigenvalue weighted by Crippen LogP contribution is 2.23. The number of fused-ring (bicyclic) bond motifs is 1. The fourth-order valence-corrected chi connectivity index (χ4v) is 1.70. The Bertz CT molecular complexity index is 714. The van der Waals surface area contributed by atoms with Crippen LogP contribution in [0, 0.1) is 0 Å². The predicted octanol–water partition coefficient (Wildman–Crippen LogP) is 1.81. The number of oxazole rings is 1. The fourth-order valence-electron chi connectivity index (χ4n) is 1.70. The van der Waals surface area contributed by atoms with Crippen molar-refractivity contribution in [3.8, 4) is 17.5 Å². The van der Waals surface area contributed by atoms with Gasteiger partial charge >= 0.3 is 5.95 Å². The Morgan fingerprint density at radius 2 is 2.39 bits per heavy atom. The highest BCUT2D eigenvalue weighted by molar-refractivity contribution is 5.84. The number of aldehydes is 1. The second kappa shape index (κ2) is 3.99. The maximum atomic E-state index is 10.9. The van der Waals surface area contributed by atoms with E-state index in [1.807, 2.05) is 0 Å². The fraction of sp³-hybridized carbons (Fsp3) is 0.0833. The predicted molar refractivity (Wildman–Crippen MR) is 62.6 cm³/mol. The number of methoxy groups -OCH3 is 1. The van der Waals surface area contributed by atoms with Crippen molar-refractivity contribution < 1.29 is 13.9 Å². The number of pyridine rings is 1. The van der Waals surface area contributed by atoms with Crippen molar-refractivity contribution >= 4 is 11.9 Å². The van der Waals surface area contributed by atoms with Gasteiger partial charge in [-0.05, 0) is 12.1 Å². The molecule has 6 nitrogen and oxygen atoms in total. The molecule has 0 atom stereocenters. The van der Waals surface area contributed by atoms with Crippen LogP contribution in [0.25, 0.3) is 17.2 Å². The lowest BCUT2D eigenvalue weighted by molar-refractivity contribution is 0.112. The summed E-state index contributed by atoms with van der Waals surface area (Å²) < 4.78 is 12.0. The average molecular weight is 243 g/mol. The number of imidazole rings is 1. The summed E-state index contributed by atoms with van der Waals surface area (Å²) in [5.74, 6) is 0.671. The summed E-state index contributed by atoms with van der Waals surface area (Å²) >= 11 is 0. The molecule has 0 saturated carbocycles. The molecular formula is C12H9N3O3. The van der Waals surface area contributed by atoms with Crippen LogP contribution in [0.1, 0.15) is 10.4 Å². The minimum Gasteiger partial charge on any atom is -0.467 e. The zero-order chi connectivity index (χ0) is 12.5. The molecule has 3 rings (SSSR count). The smallest absolute Gasteiger partial charge is 0.305 e. The molecule has 0 bridgehead atoms. The summed E-state index contributed by atoms with van der Waals surface area (Å²) in [4.78, 5) is 19.3. The molecule has 3 aromatic rings. The minimum absolute atomic E-state index is 0.317. The monoisotopic (exact) mass is 243 g/mol. The van der Waals surface area contributed by atoms with E-state index < -0.39 is 0 Å². The summed E-state index contributed by atoms with van der Waals surface area (Å²) in [6.07, 6.45) is 5.79. The number of hydrogen-bond donors (Lipinski definition) is 0. The number of ether oxygens (including phenoxy) is 1. The van der Waals surface area contributed by atoms with Gasteiger partial charge in [0.05, 0.1) is 12.7 Å². The number of aromatic nitrogens is 3. The van der Waals surface area contributed by atoms with E-state index in [0.29, 0.717) is 28.7 Å². The Kier molecular flexibility index (Phi) is 2.33. The molecule has 0 aromatic carbocycles. The van der Waals surface area contributed by atoms with Crippen molar-refractivity contribution in [3.05, 3.63) is 36.3 Å².